The van der Waals surface area contributed by atoms with Crippen LogP contribution in [0.3, 0.4) is 0 Å². The van der Waals surface area contributed by atoms with E-state index < -0.39 is 31.1 Å². The van der Waals surface area contributed by atoms with Crippen LogP contribution in [0, 0.1) is 23.7 Å². The summed E-state index contributed by atoms with van der Waals surface area (Å²) in [6, 6.07) is 24.7. The van der Waals surface area contributed by atoms with Gasteiger partial charge in [0.05, 0.1) is 18.3 Å². The zero-order valence-electron chi connectivity index (χ0n) is 35.4. The van der Waals surface area contributed by atoms with Crippen LogP contribution >= 0.6 is 0 Å². The second-order valence-electron chi connectivity index (χ2n) is 18.2. The first-order valence-electron chi connectivity index (χ1n) is 19.9. The molecule has 0 spiro atoms. The maximum atomic E-state index is 12.9. The molecule has 0 amide bonds. The molecule has 6 atom stereocenters. The Morgan fingerprint density at radius 2 is 1.14 bits per heavy atom. The first-order chi connectivity index (χ1) is 23.5. The second kappa shape index (κ2) is 18.8. The zero-order valence-corrected chi connectivity index (χ0v) is 38.4. The molecule has 0 heterocycles. The van der Waals surface area contributed by atoms with Gasteiger partial charge in [-0.2, -0.15) is 0 Å². The van der Waals surface area contributed by atoms with Gasteiger partial charge in [0.15, 0.2) is 16.6 Å². The molecule has 5 nitrogen and oxygen atoms in total. The van der Waals surface area contributed by atoms with Gasteiger partial charge in [0.1, 0.15) is 5.78 Å². The summed E-state index contributed by atoms with van der Waals surface area (Å²) in [6.07, 6.45) is -1.09. The fourth-order valence-corrected chi connectivity index (χ4v) is 16.5. The maximum Gasteiger partial charge on any atom is 0.261 e. The average molecular weight is 757 g/mol. The van der Waals surface area contributed by atoms with Gasteiger partial charge < -0.3 is 18.4 Å². The van der Waals surface area contributed by atoms with Crippen LogP contribution < -0.4 is 10.4 Å². The van der Waals surface area contributed by atoms with E-state index in [1.54, 1.807) is 0 Å². The van der Waals surface area contributed by atoms with Gasteiger partial charge in [0, 0.05) is 36.7 Å². The van der Waals surface area contributed by atoms with Crippen molar-refractivity contribution in [2.75, 3.05) is 6.61 Å². The minimum atomic E-state index is -2.79. The largest absolute Gasteiger partial charge is 0.413 e. The van der Waals surface area contributed by atoms with Gasteiger partial charge in [0.25, 0.3) is 8.32 Å². The van der Waals surface area contributed by atoms with Gasteiger partial charge in [-0.15, -0.1) is 0 Å². The van der Waals surface area contributed by atoms with Gasteiger partial charge in [-0.1, -0.05) is 158 Å². The van der Waals surface area contributed by atoms with Gasteiger partial charge in [-0.25, -0.2) is 0 Å². The minimum Gasteiger partial charge on any atom is -0.413 e. The summed E-state index contributed by atoms with van der Waals surface area (Å²) in [5, 5.41) is 14.1. The molecule has 0 unspecified atom stereocenters. The molecule has 0 aliphatic heterocycles. The molecule has 0 saturated heterocycles. The van der Waals surface area contributed by atoms with Crippen LogP contribution in [0.1, 0.15) is 103 Å². The number of aliphatic hydroxyl groups is 1. The number of Topliss-reactive ketones (excluding diaryl/α,β-unsaturated/α-hetero) is 1. The Kier molecular flexibility index (Phi) is 16.8. The Morgan fingerprint density at radius 1 is 0.686 bits per heavy atom. The number of rotatable bonds is 20. The van der Waals surface area contributed by atoms with Gasteiger partial charge in [-0.05, 0) is 51.7 Å². The van der Waals surface area contributed by atoms with E-state index in [0.29, 0.717) is 6.61 Å². The van der Waals surface area contributed by atoms with E-state index >= 15 is 0 Å². The highest BCUT2D eigenvalue weighted by Gasteiger charge is 2.52. The maximum absolute atomic E-state index is 12.9. The molecule has 2 aromatic carbocycles. The third-order valence-electron chi connectivity index (χ3n) is 12.3. The molecule has 0 aromatic heterocycles. The number of benzene rings is 2. The molecule has 2 rings (SSSR count). The predicted octanol–water partition coefficient (Wildman–Crippen LogP) is 10.2. The predicted molar refractivity (Wildman–Crippen MR) is 226 cm³/mol. The Hall–Kier alpha value is -1.40. The lowest BCUT2D eigenvalue weighted by molar-refractivity contribution is -0.125. The topological polar surface area (TPSA) is 65.0 Å². The Bertz CT molecular complexity index is 1270. The van der Waals surface area contributed by atoms with E-state index in [-0.39, 0.29) is 58.2 Å². The molecule has 290 valence electrons. The lowest BCUT2D eigenvalue weighted by atomic mass is 9.81. The summed E-state index contributed by atoms with van der Waals surface area (Å²) in [5.74, 6) is -0.287. The SMILES string of the molecule is CC[Si](CC)(CC)O[C@H]([C@@H](C)[C@@H](O[Si](C)(C)C(C)(C)C)[C@H](C)CO[Si](c1ccccc1)(c1ccccc1)C(C)(C)C)[C@@H](C)[C@@H](O)CC(=O)C(C)C. The Balaban J connectivity index is 2.74. The van der Waals surface area contributed by atoms with Crippen molar-refractivity contribution in [3.63, 3.8) is 0 Å². The van der Waals surface area contributed by atoms with Gasteiger partial charge >= 0.3 is 0 Å². The van der Waals surface area contributed by atoms with E-state index in [0.717, 1.165) is 18.1 Å². The molecule has 0 fully saturated rings. The summed E-state index contributed by atoms with van der Waals surface area (Å²) in [5.41, 5.74) is 0. The monoisotopic (exact) mass is 757 g/mol. The number of hydrogen-bond donors (Lipinski definition) is 1. The molecule has 0 aliphatic rings. The van der Waals surface area contributed by atoms with Crippen molar-refractivity contribution >= 4 is 41.1 Å². The number of carbonyl (C=O) groups excluding carboxylic acids is 1. The van der Waals surface area contributed by atoms with Crippen LogP contribution in [0.15, 0.2) is 60.7 Å². The van der Waals surface area contributed by atoms with E-state index in [2.05, 4.69) is 157 Å². The molecular formula is C43H76O5Si3. The summed E-state index contributed by atoms with van der Waals surface area (Å²) < 4.78 is 22.4. The Morgan fingerprint density at radius 3 is 1.51 bits per heavy atom. The fourth-order valence-electron chi connectivity index (χ4n) is 7.39. The van der Waals surface area contributed by atoms with Crippen molar-refractivity contribution in [2.45, 2.75) is 163 Å². The summed E-state index contributed by atoms with van der Waals surface area (Å²) in [7, 11) is -7.17. The smallest absolute Gasteiger partial charge is 0.261 e. The summed E-state index contributed by atoms with van der Waals surface area (Å²) in [6.45, 7) is 36.3. The van der Waals surface area contributed by atoms with Crippen molar-refractivity contribution < 1.29 is 23.2 Å². The van der Waals surface area contributed by atoms with Crippen LogP contribution in [0.25, 0.3) is 0 Å². The molecule has 8 heteroatoms. The lowest BCUT2D eigenvalue weighted by Crippen LogP contribution is -2.67. The first kappa shape index (κ1) is 45.8. The van der Waals surface area contributed by atoms with Crippen molar-refractivity contribution in [3.8, 4) is 0 Å². The highest BCUT2D eigenvalue weighted by atomic mass is 28.4. The molecule has 0 bridgehead atoms. The van der Waals surface area contributed by atoms with Crippen molar-refractivity contribution in [1.82, 2.24) is 0 Å². The van der Waals surface area contributed by atoms with E-state index in [1.807, 2.05) is 13.8 Å². The standard InChI is InChI=1S/C43H76O5Si3/c1-17-50(18-2,19-3)48-41(34(7)39(45)30-38(44)32(4)5)35(8)40(47-49(15,16)42(9,10)11)33(6)31-46-51(43(12,13)14,36-26-22-20-23-27-36)37-28-24-21-25-29-37/h20-29,32-35,39-41,45H,17-19,30-31H2,1-16H3/t33-,34+,35+,39+,40+,41+/m1/s1. The van der Waals surface area contributed by atoms with E-state index in [4.69, 9.17) is 13.3 Å². The van der Waals surface area contributed by atoms with Crippen LogP contribution in [-0.2, 0) is 18.1 Å². The Labute approximate surface area is 317 Å². The number of hydrogen-bond acceptors (Lipinski definition) is 5. The fraction of sp³-hybridized carbons (Fsp3) is 0.698. The third kappa shape index (κ3) is 11.1. The van der Waals surface area contributed by atoms with E-state index in [1.165, 1.54) is 10.4 Å². The third-order valence-corrected chi connectivity index (χ3v) is 26.4. The average Bonchev–Trinajstić information content (AvgIpc) is 3.07. The number of carbonyl (C=O) groups is 1. The molecule has 0 aliphatic carbocycles. The second-order valence-corrected chi connectivity index (χ2v) is 32.0. The molecule has 0 radical (unpaired) electrons. The van der Waals surface area contributed by atoms with Gasteiger partial charge in [0.2, 0.25) is 0 Å². The van der Waals surface area contributed by atoms with Crippen LogP contribution in [0.2, 0.25) is 41.3 Å². The summed E-state index contributed by atoms with van der Waals surface area (Å²) in [4.78, 5) is 12.9. The lowest BCUT2D eigenvalue weighted by Gasteiger charge is -2.48. The molecular weight excluding hydrogens is 681 g/mol. The quantitative estimate of drug-likeness (QED) is 0.136. The summed E-state index contributed by atoms with van der Waals surface area (Å²) >= 11 is 0. The highest BCUT2D eigenvalue weighted by molar-refractivity contribution is 6.99. The van der Waals surface area contributed by atoms with Crippen molar-refractivity contribution in [2.24, 2.45) is 23.7 Å². The van der Waals surface area contributed by atoms with Crippen LogP contribution in [-0.4, -0.2) is 60.8 Å². The highest BCUT2D eigenvalue weighted by Crippen LogP contribution is 2.43. The van der Waals surface area contributed by atoms with Crippen molar-refractivity contribution in [3.05, 3.63) is 60.7 Å². The van der Waals surface area contributed by atoms with Crippen LogP contribution in [0.4, 0.5) is 0 Å². The molecule has 1 N–H and O–H groups in total. The van der Waals surface area contributed by atoms with Crippen LogP contribution in [0.5, 0.6) is 0 Å². The molecule has 2 aromatic rings. The zero-order chi connectivity index (χ0) is 39.0. The number of ketones is 1. The first-order valence-corrected chi connectivity index (χ1v) is 27.2. The van der Waals surface area contributed by atoms with Gasteiger partial charge in [-0.3, -0.25) is 4.79 Å². The van der Waals surface area contributed by atoms with E-state index in [9.17, 15) is 9.90 Å². The normalized spacial score (nSPS) is 17.1. The molecule has 0 saturated carbocycles. The molecule has 51 heavy (non-hydrogen) atoms. The minimum absolute atomic E-state index is 0.00345. The number of aliphatic hydroxyl groups excluding tert-OH is 1. The van der Waals surface area contributed by atoms with Crippen molar-refractivity contribution in [1.29, 1.82) is 0 Å².